The molecular formula is C12H9FO4. The molecular weight excluding hydrogens is 227 g/mol. The standard InChI is InChI=1S/C12H9FO4/c1-2-17-11(14)6-4-8-3-5-9(13)7-10(8)12(15)16/h3,5,7H,2H2,1H3,(H,15,16). The molecule has 0 aliphatic carbocycles. The highest BCUT2D eigenvalue weighted by molar-refractivity contribution is 5.93. The van der Waals surface area contributed by atoms with Gasteiger partial charge in [0, 0.05) is 11.5 Å². The lowest BCUT2D eigenvalue weighted by Crippen LogP contribution is -2.02. The summed E-state index contributed by atoms with van der Waals surface area (Å²) in [4.78, 5) is 21.7. The zero-order valence-corrected chi connectivity index (χ0v) is 8.99. The molecule has 0 bridgehead atoms. The van der Waals surface area contributed by atoms with E-state index in [2.05, 4.69) is 16.6 Å². The number of esters is 1. The lowest BCUT2D eigenvalue weighted by Gasteiger charge is -1.98. The Morgan fingerprint density at radius 2 is 2.18 bits per heavy atom. The van der Waals surface area contributed by atoms with Gasteiger partial charge in [-0.25, -0.2) is 14.0 Å². The number of carbonyl (C=O) groups excluding carboxylic acids is 1. The summed E-state index contributed by atoms with van der Waals surface area (Å²) < 4.78 is 17.4. The number of aromatic carboxylic acids is 1. The van der Waals surface area contributed by atoms with Gasteiger partial charge in [-0.3, -0.25) is 0 Å². The fourth-order valence-electron chi connectivity index (χ4n) is 1.09. The summed E-state index contributed by atoms with van der Waals surface area (Å²) in [5.74, 6) is 1.71. The lowest BCUT2D eigenvalue weighted by atomic mass is 10.1. The largest absolute Gasteiger partial charge is 0.478 e. The summed E-state index contributed by atoms with van der Waals surface area (Å²) in [5, 5.41) is 8.81. The van der Waals surface area contributed by atoms with E-state index in [1.807, 2.05) is 0 Å². The predicted octanol–water partition coefficient (Wildman–Crippen LogP) is 1.44. The van der Waals surface area contributed by atoms with Crippen LogP contribution in [0.1, 0.15) is 22.8 Å². The van der Waals surface area contributed by atoms with E-state index in [4.69, 9.17) is 5.11 Å². The van der Waals surface area contributed by atoms with Crippen molar-refractivity contribution in [3.63, 3.8) is 0 Å². The van der Waals surface area contributed by atoms with E-state index in [-0.39, 0.29) is 17.7 Å². The number of hydrogen-bond donors (Lipinski definition) is 1. The molecule has 17 heavy (non-hydrogen) atoms. The fourth-order valence-corrected chi connectivity index (χ4v) is 1.09. The zero-order valence-electron chi connectivity index (χ0n) is 8.99. The van der Waals surface area contributed by atoms with Crippen LogP contribution in [0.15, 0.2) is 18.2 Å². The van der Waals surface area contributed by atoms with Crippen molar-refractivity contribution in [2.75, 3.05) is 6.61 Å². The van der Waals surface area contributed by atoms with E-state index in [1.54, 1.807) is 6.92 Å². The first-order valence-corrected chi connectivity index (χ1v) is 4.76. The summed E-state index contributed by atoms with van der Waals surface area (Å²) in [7, 11) is 0. The van der Waals surface area contributed by atoms with E-state index in [0.717, 1.165) is 12.1 Å². The zero-order chi connectivity index (χ0) is 12.8. The molecule has 0 unspecified atom stereocenters. The summed E-state index contributed by atoms with van der Waals surface area (Å²) in [6.07, 6.45) is 0. The van der Waals surface area contributed by atoms with Gasteiger partial charge in [0.25, 0.3) is 0 Å². The second-order valence-electron chi connectivity index (χ2n) is 2.97. The van der Waals surface area contributed by atoms with Crippen LogP contribution in [0.3, 0.4) is 0 Å². The number of carbonyl (C=O) groups is 2. The monoisotopic (exact) mass is 236 g/mol. The van der Waals surface area contributed by atoms with Gasteiger partial charge in [0.2, 0.25) is 0 Å². The molecule has 0 radical (unpaired) electrons. The second-order valence-corrected chi connectivity index (χ2v) is 2.97. The molecule has 0 heterocycles. The molecule has 4 nitrogen and oxygen atoms in total. The van der Waals surface area contributed by atoms with Gasteiger partial charge in [0.15, 0.2) is 0 Å². The Bertz CT molecular complexity index is 511. The van der Waals surface area contributed by atoms with Crippen molar-refractivity contribution in [3.05, 3.63) is 35.1 Å². The Balaban J connectivity index is 3.06. The van der Waals surface area contributed by atoms with Crippen LogP contribution in [0.4, 0.5) is 4.39 Å². The second kappa shape index (κ2) is 5.66. The third-order valence-electron chi connectivity index (χ3n) is 1.79. The molecule has 5 heteroatoms. The van der Waals surface area contributed by atoms with Gasteiger partial charge in [-0.2, -0.15) is 0 Å². The molecule has 0 spiro atoms. The van der Waals surface area contributed by atoms with Gasteiger partial charge in [-0.05, 0) is 25.1 Å². The summed E-state index contributed by atoms with van der Waals surface area (Å²) >= 11 is 0. The van der Waals surface area contributed by atoms with Crippen molar-refractivity contribution >= 4 is 11.9 Å². The van der Waals surface area contributed by atoms with Gasteiger partial charge >= 0.3 is 11.9 Å². The van der Waals surface area contributed by atoms with Crippen LogP contribution in [0.5, 0.6) is 0 Å². The number of rotatable bonds is 2. The van der Waals surface area contributed by atoms with Crippen LogP contribution in [0.25, 0.3) is 0 Å². The van der Waals surface area contributed by atoms with Crippen molar-refractivity contribution in [2.24, 2.45) is 0 Å². The highest BCUT2D eigenvalue weighted by atomic mass is 19.1. The minimum Gasteiger partial charge on any atom is -0.478 e. The van der Waals surface area contributed by atoms with Crippen molar-refractivity contribution in [1.29, 1.82) is 0 Å². The topological polar surface area (TPSA) is 63.6 Å². The van der Waals surface area contributed by atoms with Crippen molar-refractivity contribution in [3.8, 4) is 11.8 Å². The summed E-state index contributed by atoms with van der Waals surface area (Å²) in [6, 6.07) is 3.12. The van der Waals surface area contributed by atoms with Crippen molar-refractivity contribution < 1.29 is 23.8 Å². The maximum absolute atomic E-state index is 12.8. The Morgan fingerprint density at radius 3 is 2.76 bits per heavy atom. The fraction of sp³-hybridized carbons (Fsp3) is 0.167. The van der Waals surface area contributed by atoms with Crippen molar-refractivity contribution in [2.45, 2.75) is 6.92 Å². The Kier molecular flexibility index (Phi) is 4.23. The minimum atomic E-state index is -1.31. The number of carboxylic acid groups (broad SMARTS) is 1. The number of hydrogen-bond acceptors (Lipinski definition) is 3. The molecule has 0 atom stereocenters. The van der Waals surface area contributed by atoms with Gasteiger partial charge in [-0.1, -0.05) is 5.92 Å². The molecule has 0 saturated heterocycles. The maximum atomic E-state index is 12.8. The summed E-state index contributed by atoms with van der Waals surface area (Å²) in [6.45, 7) is 1.81. The van der Waals surface area contributed by atoms with E-state index < -0.39 is 17.8 Å². The van der Waals surface area contributed by atoms with Crippen molar-refractivity contribution in [1.82, 2.24) is 0 Å². The third-order valence-corrected chi connectivity index (χ3v) is 1.79. The highest BCUT2D eigenvalue weighted by Gasteiger charge is 2.09. The van der Waals surface area contributed by atoms with Crippen LogP contribution in [-0.2, 0) is 9.53 Å². The van der Waals surface area contributed by atoms with E-state index in [0.29, 0.717) is 0 Å². The smallest absolute Gasteiger partial charge is 0.384 e. The predicted molar refractivity (Wildman–Crippen MR) is 56.9 cm³/mol. The molecule has 1 N–H and O–H groups in total. The summed E-state index contributed by atoms with van der Waals surface area (Å²) in [5.41, 5.74) is -0.228. The normalized spacial score (nSPS) is 9.06. The average molecular weight is 236 g/mol. The molecule has 0 saturated carbocycles. The highest BCUT2D eigenvalue weighted by Crippen LogP contribution is 2.10. The van der Waals surface area contributed by atoms with Crippen LogP contribution >= 0.6 is 0 Å². The number of ether oxygens (including phenoxy) is 1. The Labute approximate surface area is 97.0 Å². The quantitative estimate of drug-likeness (QED) is 0.623. The number of carboxylic acids is 1. The number of benzene rings is 1. The Hall–Kier alpha value is -2.35. The minimum absolute atomic E-state index is 0.0620. The third kappa shape index (κ3) is 3.61. The van der Waals surface area contributed by atoms with Crippen LogP contribution < -0.4 is 0 Å². The van der Waals surface area contributed by atoms with E-state index in [9.17, 15) is 14.0 Å². The van der Waals surface area contributed by atoms with Crippen LogP contribution in [-0.4, -0.2) is 23.7 Å². The molecule has 0 amide bonds. The molecule has 0 aliphatic heterocycles. The molecule has 0 aliphatic rings. The molecule has 0 fully saturated rings. The van der Waals surface area contributed by atoms with Gasteiger partial charge in [0.05, 0.1) is 12.2 Å². The molecule has 88 valence electrons. The molecule has 0 aromatic heterocycles. The van der Waals surface area contributed by atoms with Gasteiger partial charge in [0.1, 0.15) is 5.82 Å². The van der Waals surface area contributed by atoms with E-state index in [1.165, 1.54) is 6.07 Å². The molecule has 1 aromatic carbocycles. The first-order valence-electron chi connectivity index (χ1n) is 4.76. The first-order chi connectivity index (χ1) is 8.04. The molecule has 1 rings (SSSR count). The first kappa shape index (κ1) is 12.7. The molecule has 1 aromatic rings. The van der Waals surface area contributed by atoms with E-state index >= 15 is 0 Å². The Morgan fingerprint density at radius 1 is 1.47 bits per heavy atom. The van der Waals surface area contributed by atoms with Gasteiger partial charge in [-0.15, -0.1) is 0 Å². The van der Waals surface area contributed by atoms with Gasteiger partial charge < -0.3 is 9.84 Å². The maximum Gasteiger partial charge on any atom is 0.384 e. The number of halogens is 1. The SMILES string of the molecule is CCOC(=O)C#Cc1ccc(F)cc1C(=O)O. The average Bonchev–Trinajstić information content (AvgIpc) is 2.27. The van der Waals surface area contributed by atoms with Crippen LogP contribution in [0.2, 0.25) is 0 Å². The lowest BCUT2D eigenvalue weighted by molar-refractivity contribution is -0.136. The van der Waals surface area contributed by atoms with Crippen LogP contribution in [0, 0.1) is 17.7 Å².